The van der Waals surface area contributed by atoms with E-state index in [1.165, 1.54) is 45.2 Å². The fourth-order valence-electron chi connectivity index (χ4n) is 2.95. The molecule has 1 aromatic carbocycles. The quantitative estimate of drug-likeness (QED) is 0.736. The summed E-state index contributed by atoms with van der Waals surface area (Å²) in [6, 6.07) is 7.22. The highest BCUT2D eigenvalue weighted by molar-refractivity contribution is 5.35. The highest BCUT2D eigenvalue weighted by Crippen LogP contribution is 2.28. The zero-order valence-electron chi connectivity index (χ0n) is 9.26. The summed E-state index contributed by atoms with van der Waals surface area (Å²) in [5.74, 6) is 0.775. The molecule has 0 amide bonds. The molecule has 1 N–H and O–H groups in total. The van der Waals surface area contributed by atoms with E-state index < -0.39 is 0 Å². The monoisotopic (exact) mass is 201 g/mol. The van der Waals surface area contributed by atoms with Crippen LogP contribution in [0.1, 0.15) is 41.9 Å². The third-order valence-corrected chi connectivity index (χ3v) is 3.90. The van der Waals surface area contributed by atoms with Gasteiger partial charge in [-0.1, -0.05) is 18.2 Å². The van der Waals surface area contributed by atoms with Gasteiger partial charge in [-0.15, -0.1) is 0 Å². The van der Waals surface area contributed by atoms with Gasteiger partial charge in [-0.3, -0.25) is 0 Å². The summed E-state index contributed by atoms with van der Waals surface area (Å²) in [6.45, 7) is 2.38. The van der Waals surface area contributed by atoms with Gasteiger partial charge in [0.05, 0.1) is 0 Å². The predicted octanol–water partition coefficient (Wildman–Crippen LogP) is 2.64. The number of benzene rings is 1. The van der Waals surface area contributed by atoms with E-state index in [0.29, 0.717) is 0 Å². The lowest BCUT2D eigenvalue weighted by Crippen LogP contribution is -2.09. The van der Waals surface area contributed by atoms with E-state index in [2.05, 4.69) is 23.5 Å². The lowest BCUT2D eigenvalue weighted by molar-refractivity contribution is 0.679. The van der Waals surface area contributed by atoms with Gasteiger partial charge >= 0.3 is 0 Å². The first-order valence-electron chi connectivity index (χ1n) is 6.26. The largest absolute Gasteiger partial charge is 0.316 e. The van der Waals surface area contributed by atoms with Crippen molar-refractivity contribution >= 4 is 0 Å². The zero-order valence-corrected chi connectivity index (χ0v) is 9.26. The van der Waals surface area contributed by atoms with Crippen molar-refractivity contribution in [1.82, 2.24) is 5.32 Å². The normalized spacial score (nSPS) is 25.2. The highest BCUT2D eigenvalue weighted by Gasteiger charge is 2.18. The third kappa shape index (κ3) is 1.81. The Morgan fingerprint density at radius 1 is 1.07 bits per heavy atom. The van der Waals surface area contributed by atoms with E-state index in [1.807, 2.05) is 0 Å². The topological polar surface area (TPSA) is 12.0 Å². The molecule has 1 fully saturated rings. The third-order valence-electron chi connectivity index (χ3n) is 3.90. The Bertz CT molecular complexity index is 350. The molecule has 1 heteroatoms. The van der Waals surface area contributed by atoms with E-state index in [0.717, 1.165) is 5.92 Å². The van der Waals surface area contributed by atoms with Gasteiger partial charge in [0, 0.05) is 6.54 Å². The number of nitrogens with one attached hydrogen (secondary N) is 1. The first-order valence-corrected chi connectivity index (χ1v) is 6.26. The summed E-state index contributed by atoms with van der Waals surface area (Å²) in [7, 11) is 0. The highest BCUT2D eigenvalue weighted by atomic mass is 14.9. The molecule has 0 aromatic heterocycles. The molecular weight excluding hydrogens is 182 g/mol. The van der Waals surface area contributed by atoms with Crippen molar-refractivity contribution in [3.63, 3.8) is 0 Å². The molecule has 1 unspecified atom stereocenters. The molecular formula is C14H19N. The molecule has 3 rings (SSSR count). The number of fused-ring (bicyclic) bond motifs is 1. The van der Waals surface area contributed by atoms with Crippen molar-refractivity contribution in [2.45, 2.75) is 38.0 Å². The van der Waals surface area contributed by atoms with Crippen LogP contribution in [0, 0.1) is 0 Å². The number of aryl methyl sites for hydroxylation is 2. The molecule has 1 aliphatic heterocycles. The number of hydrogen-bond acceptors (Lipinski definition) is 1. The first kappa shape index (κ1) is 9.41. The van der Waals surface area contributed by atoms with Crippen LogP contribution in [0.3, 0.4) is 0 Å². The molecule has 1 saturated heterocycles. The van der Waals surface area contributed by atoms with Gasteiger partial charge in [-0.2, -0.15) is 0 Å². The molecule has 15 heavy (non-hydrogen) atoms. The van der Waals surface area contributed by atoms with Crippen LogP contribution in [0.5, 0.6) is 0 Å². The van der Waals surface area contributed by atoms with E-state index >= 15 is 0 Å². The average molecular weight is 201 g/mol. The van der Waals surface area contributed by atoms with Crippen LogP contribution >= 0.6 is 0 Å². The molecule has 1 aromatic rings. The van der Waals surface area contributed by atoms with Crippen molar-refractivity contribution in [2.24, 2.45) is 0 Å². The maximum absolute atomic E-state index is 3.45. The molecule has 1 heterocycles. The summed E-state index contributed by atoms with van der Waals surface area (Å²) in [4.78, 5) is 0. The summed E-state index contributed by atoms with van der Waals surface area (Å²) in [5.41, 5.74) is 4.81. The molecule has 1 atom stereocenters. The summed E-state index contributed by atoms with van der Waals surface area (Å²) < 4.78 is 0. The fourth-order valence-corrected chi connectivity index (χ4v) is 2.95. The molecule has 0 spiro atoms. The Hall–Kier alpha value is -0.820. The minimum Gasteiger partial charge on any atom is -0.316 e. The van der Waals surface area contributed by atoms with Crippen LogP contribution < -0.4 is 5.32 Å². The number of hydrogen-bond donors (Lipinski definition) is 1. The van der Waals surface area contributed by atoms with Crippen molar-refractivity contribution in [3.05, 3.63) is 34.9 Å². The van der Waals surface area contributed by atoms with Crippen LogP contribution in [0.4, 0.5) is 0 Å². The minimum atomic E-state index is 0.775. The second-order valence-corrected chi connectivity index (χ2v) is 4.92. The lowest BCUT2D eigenvalue weighted by Gasteiger charge is -2.18. The van der Waals surface area contributed by atoms with E-state index in [4.69, 9.17) is 0 Å². The summed E-state index contributed by atoms with van der Waals surface area (Å²) in [5, 5.41) is 3.45. The predicted molar refractivity (Wildman–Crippen MR) is 63.3 cm³/mol. The van der Waals surface area contributed by atoms with Crippen LogP contribution in [0.2, 0.25) is 0 Å². The minimum absolute atomic E-state index is 0.775. The molecule has 1 aliphatic carbocycles. The standard InChI is InChI=1S/C14H19N/c1-2-4-12-9-13(6-5-11(12)3-1)14-7-8-15-10-14/h5-6,9,14-15H,1-4,7-8,10H2. The van der Waals surface area contributed by atoms with Gasteiger partial charge in [-0.25, -0.2) is 0 Å². The molecule has 1 nitrogen and oxygen atoms in total. The maximum atomic E-state index is 3.45. The summed E-state index contributed by atoms with van der Waals surface area (Å²) in [6.07, 6.45) is 6.71. The van der Waals surface area contributed by atoms with E-state index in [1.54, 1.807) is 16.7 Å². The Morgan fingerprint density at radius 3 is 2.73 bits per heavy atom. The summed E-state index contributed by atoms with van der Waals surface area (Å²) >= 11 is 0. The van der Waals surface area contributed by atoms with Crippen molar-refractivity contribution in [3.8, 4) is 0 Å². The van der Waals surface area contributed by atoms with Gasteiger partial charge in [0.25, 0.3) is 0 Å². The van der Waals surface area contributed by atoms with E-state index in [-0.39, 0.29) is 0 Å². The van der Waals surface area contributed by atoms with Gasteiger partial charge in [0.1, 0.15) is 0 Å². The van der Waals surface area contributed by atoms with Gasteiger partial charge in [-0.05, 0) is 61.3 Å². The Morgan fingerprint density at radius 2 is 1.93 bits per heavy atom. The Balaban J connectivity index is 1.89. The molecule has 0 saturated carbocycles. The number of rotatable bonds is 1. The maximum Gasteiger partial charge on any atom is 0.00206 e. The Kier molecular flexibility index (Phi) is 2.49. The van der Waals surface area contributed by atoms with Crippen molar-refractivity contribution < 1.29 is 0 Å². The molecule has 0 radical (unpaired) electrons. The van der Waals surface area contributed by atoms with Crippen LogP contribution in [0.15, 0.2) is 18.2 Å². The molecule has 0 bridgehead atoms. The fraction of sp³-hybridized carbons (Fsp3) is 0.571. The zero-order chi connectivity index (χ0) is 10.1. The van der Waals surface area contributed by atoms with Crippen molar-refractivity contribution in [2.75, 3.05) is 13.1 Å². The molecule has 80 valence electrons. The smallest absolute Gasteiger partial charge is 0.00206 e. The van der Waals surface area contributed by atoms with Gasteiger partial charge in [0.2, 0.25) is 0 Å². The van der Waals surface area contributed by atoms with Gasteiger partial charge < -0.3 is 5.32 Å². The Labute approximate surface area is 91.9 Å². The lowest BCUT2D eigenvalue weighted by atomic mass is 9.87. The van der Waals surface area contributed by atoms with Gasteiger partial charge in [0.15, 0.2) is 0 Å². The van der Waals surface area contributed by atoms with Crippen LogP contribution in [0.25, 0.3) is 0 Å². The first-order chi connectivity index (χ1) is 7.43. The molecule has 2 aliphatic rings. The van der Waals surface area contributed by atoms with E-state index in [9.17, 15) is 0 Å². The second kappa shape index (κ2) is 3.97. The van der Waals surface area contributed by atoms with Crippen LogP contribution in [-0.4, -0.2) is 13.1 Å². The average Bonchev–Trinajstić information content (AvgIpc) is 2.82. The SMILES string of the molecule is c1cc2c(cc1C1CCNC1)CCCC2. The second-order valence-electron chi connectivity index (χ2n) is 4.92. The van der Waals surface area contributed by atoms with Crippen LogP contribution in [-0.2, 0) is 12.8 Å². The van der Waals surface area contributed by atoms with Crippen molar-refractivity contribution in [1.29, 1.82) is 0 Å².